The summed E-state index contributed by atoms with van der Waals surface area (Å²) in [6.45, 7) is 4.67. The van der Waals surface area contributed by atoms with E-state index in [1.165, 1.54) is 289 Å². The lowest BCUT2D eigenvalue weighted by Gasteiger charge is -2.29. The van der Waals surface area contributed by atoms with Gasteiger partial charge in [-0.2, -0.15) is 0 Å². The van der Waals surface area contributed by atoms with Gasteiger partial charge in [0, 0.05) is 6.42 Å². The van der Waals surface area contributed by atoms with E-state index in [9.17, 15) is 19.4 Å². The third-order valence-corrected chi connectivity index (χ3v) is 17.2. The summed E-state index contributed by atoms with van der Waals surface area (Å²) in [6.07, 6.45) is 85.3. The van der Waals surface area contributed by atoms with Crippen molar-refractivity contribution in [3.63, 3.8) is 0 Å². The van der Waals surface area contributed by atoms with Crippen LogP contribution in [0.4, 0.5) is 0 Å². The van der Waals surface area contributed by atoms with Crippen molar-refractivity contribution < 1.29 is 32.9 Å². The average molecular weight is 1160 g/mol. The third kappa shape index (κ3) is 65.9. The lowest BCUT2D eigenvalue weighted by molar-refractivity contribution is -0.870. The van der Waals surface area contributed by atoms with Gasteiger partial charge in [0.2, 0.25) is 5.91 Å². The van der Waals surface area contributed by atoms with E-state index < -0.39 is 20.0 Å². The van der Waals surface area contributed by atoms with Crippen LogP contribution in [0.5, 0.6) is 0 Å². The van der Waals surface area contributed by atoms with Gasteiger partial charge in [-0.3, -0.25) is 9.36 Å². The Balaban J connectivity index is 4.06. The van der Waals surface area contributed by atoms with Crippen molar-refractivity contribution in [1.82, 2.24) is 5.32 Å². The number of aliphatic hydroxyl groups is 1. The minimum atomic E-state index is -4.61. The number of carbonyl (C=O) groups is 1. The van der Waals surface area contributed by atoms with E-state index in [2.05, 4.69) is 55.6 Å². The van der Waals surface area contributed by atoms with E-state index in [4.69, 9.17) is 9.05 Å². The molecule has 0 aromatic heterocycles. The summed E-state index contributed by atoms with van der Waals surface area (Å²) in [5.41, 5.74) is 0. The Morgan fingerprint density at radius 2 is 0.728 bits per heavy atom. The van der Waals surface area contributed by atoms with E-state index in [1.807, 2.05) is 27.2 Å². The molecule has 0 rings (SSSR count). The number of amides is 1. The number of nitrogens with one attached hydrogen (secondary N) is 1. The van der Waals surface area contributed by atoms with E-state index in [-0.39, 0.29) is 19.1 Å². The van der Waals surface area contributed by atoms with Crippen LogP contribution in [0.2, 0.25) is 0 Å². The Morgan fingerprint density at radius 3 is 1.07 bits per heavy atom. The van der Waals surface area contributed by atoms with Crippen LogP contribution in [0.1, 0.15) is 354 Å². The van der Waals surface area contributed by atoms with Crippen molar-refractivity contribution in [3.8, 4) is 0 Å². The van der Waals surface area contributed by atoms with Gasteiger partial charge in [-0.05, 0) is 64.2 Å². The van der Waals surface area contributed by atoms with Gasteiger partial charge in [-0.25, -0.2) is 0 Å². The number of allylic oxidation sites excluding steroid dienone is 7. The molecule has 0 bridgehead atoms. The summed E-state index contributed by atoms with van der Waals surface area (Å²) < 4.78 is 23.4. The fourth-order valence-electron chi connectivity index (χ4n) is 10.7. The van der Waals surface area contributed by atoms with E-state index >= 15 is 0 Å². The highest BCUT2D eigenvalue weighted by molar-refractivity contribution is 7.45. The number of carbonyl (C=O) groups excluding carboxylic acids is 1. The second kappa shape index (κ2) is 63.0. The molecule has 3 atom stereocenters. The molecule has 1 amide bonds. The maximum Gasteiger partial charge on any atom is 0.268 e. The van der Waals surface area contributed by atoms with Crippen LogP contribution in [0.25, 0.3) is 0 Å². The zero-order chi connectivity index (χ0) is 59.1. The van der Waals surface area contributed by atoms with E-state index in [0.29, 0.717) is 17.4 Å². The number of hydrogen-bond donors (Lipinski definition) is 2. The van der Waals surface area contributed by atoms with Crippen molar-refractivity contribution >= 4 is 13.7 Å². The summed E-state index contributed by atoms with van der Waals surface area (Å²) in [7, 11) is 1.26. The van der Waals surface area contributed by atoms with Crippen molar-refractivity contribution in [2.24, 2.45) is 0 Å². The number of quaternary nitrogens is 1. The van der Waals surface area contributed by atoms with Crippen LogP contribution in [0.15, 0.2) is 48.6 Å². The molecule has 8 nitrogen and oxygen atoms in total. The molecular weight excluding hydrogens is 1020 g/mol. The highest BCUT2D eigenvalue weighted by Gasteiger charge is 2.23. The predicted molar refractivity (Wildman–Crippen MR) is 353 cm³/mol. The van der Waals surface area contributed by atoms with Gasteiger partial charge in [0.15, 0.2) is 0 Å². The molecule has 81 heavy (non-hydrogen) atoms. The second-order valence-corrected chi connectivity index (χ2v) is 27.0. The van der Waals surface area contributed by atoms with Crippen LogP contribution in [-0.2, 0) is 18.4 Å². The van der Waals surface area contributed by atoms with Crippen LogP contribution in [-0.4, -0.2) is 68.5 Å². The molecule has 9 heteroatoms. The summed E-state index contributed by atoms with van der Waals surface area (Å²) in [4.78, 5) is 25.6. The lowest BCUT2D eigenvalue weighted by Crippen LogP contribution is -2.45. The first-order chi connectivity index (χ1) is 39.5. The monoisotopic (exact) mass is 1160 g/mol. The molecule has 0 aliphatic carbocycles. The topological polar surface area (TPSA) is 108 Å². The molecule has 0 aliphatic rings. The molecule has 0 aromatic carbocycles. The maximum atomic E-state index is 13.0. The lowest BCUT2D eigenvalue weighted by atomic mass is 10.0. The normalized spacial score (nSPS) is 13.9. The molecule has 0 spiro atoms. The second-order valence-electron chi connectivity index (χ2n) is 25.6. The smallest absolute Gasteiger partial charge is 0.268 e. The van der Waals surface area contributed by atoms with Crippen molar-refractivity contribution in [2.75, 3.05) is 40.9 Å². The van der Waals surface area contributed by atoms with Gasteiger partial charge in [0.1, 0.15) is 13.2 Å². The zero-order valence-electron chi connectivity index (χ0n) is 54.8. The molecule has 0 radical (unpaired) electrons. The average Bonchev–Trinajstić information content (AvgIpc) is 3.43. The molecule has 0 aliphatic heterocycles. The zero-order valence-corrected chi connectivity index (χ0v) is 55.6. The molecule has 0 aromatic rings. The first-order valence-corrected chi connectivity index (χ1v) is 37.0. The van der Waals surface area contributed by atoms with Crippen LogP contribution in [0, 0.1) is 0 Å². The first-order valence-electron chi connectivity index (χ1n) is 35.5. The quantitative estimate of drug-likeness (QED) is 0.0272. The van der Waals surface area contributed by atoms with Crippen molar-refractivity contribution in [3.05, 3.63) is 48.6 Å². The maximum absolute atomic E-state index is 13.0. The number of unbranched alkanes of at least 4 members (excludes halogenated alkanes) is 47. The SMILES string of the molecule is CCCCCCC/C=C\C/C=C\CCCCCCCCCCCCCCCCCCCCCCCC(=O)NC(COP(=O)([O-])OCC[N+](C)(C)C)C(O)/C=C/CC/C=C/CCCCCCCCCCCCCCCCCCCCCC. The fourth-order valence-corrected chi connectivity index (χ4v) is 11.5. The number of nitrogens with zero attached hydrogens (tertiary/aromatic N) is 1. The minimum absolute atomic E-state index is 0.00512. The van der Waals surface area contributed by atoms with Gasteiger partial charge in [-0.1, -0.05) is 332 Å². The molecule has 3 unspecified atom stereocenters. The van der Waals surface area contributed by atoms with Gasteiger partial charge in [0.25, 0.3) is 7.82 Å². The van der Waals surface area contributed by atoms with Crippen LogP contribution < -0.4 is 10.2 Å². The van der Waals surface area contributed by atoms with Crippen LogP contribution >= 0.6 is 7.82 Å². The van der Waals surface area contributed by atoms with Gasteiger partial charge in [0.05, 0.1) is 39.9 Å². The Hall–Kier alpha value is -1.54. The summed E-state index contributed by atoms with van der Waals surface area (Å²) >= 11 is 0. The predicted octanol–water partition coefficient (Wildman–Crippen LogP) is 22.0. The summed E-state index contributed by atoms with van der Waals surface area (Å²) in [6, 6.07) is -0.904. The Kier molecular flexibility index (Phi) is 61.8. The number of hydrogen-bond acceptors (Lipinski definition) is 6. The van der Waals surface area contributed by atoms with Gasteiger partial charge >= 0.3 is 0 Å². The Morgan fingerprint density at radius 1 is 0.432 bits per heavy atom. The first kappa shape index (κ1) is 79.5. The number of likely N-dealkylation sites (N-methyl/N-ethyl adjacent to an activating group) is 1. The Bertz CT molecular complexity index is 1460. The largest absolute Gasteiger partial charge is 0.756 e. The number of phosphoric acid groups is 1. The fraction of sp³-hybridized carbons (Fsp3) is 0.875. The minimum Gasteiger partial charge on any atom is -0.756 e. The highest BCUT2D eigenvalue weighted by atomic mass is 31.2. The molecule has 0 heterocycles. The van der Waals surface area contributed by atoms with Crippen molar-refractivity contribution in [2.45, 2.75) is 366 Å². The molecule has 2 N–H and O–H groups in total. The molecular formula is C72H139N2O6P. The summed E-state index contributed by atoms with van der Waals surface area (Å²) in [5, 5.41) is 13.9. The molecule has 0 saturated carbocycles. The van der Waals surface area contributed by atoms with Gasteiger partial charge < -0.3 is 28.8 Å². The summed E-state index contributed by atoms with van der Waals surface area (Å²) in [5.74, 6) is -0.201. The standard InChI is InChI=1S/C72H139N2O6P/c1-6-8-10-12-14-16-18-20-22-24-26-28-30-32-34-35-36-37-38-39-40-42-44-46-48-50-52-54-56-58-60-62-64-66-72(76)73-70(69-80-81(77,78)79-68-67-74(3,4)5)71(75)65-63-61-59-57-55-53-51-49-47-45-43-41-33-31-29-27-25-23-21-19-17-15-13-11-9-7-2/h18,20,24,26,55,57,63,65,70-71,75H,6-17,19,21-23,25,27-54,56,58-62,64,66-69H2,1-5H3,(H-,73,76,77,78)/b20-18-,26-24-,57-55+,65-63+. The number of aliphatic hydroxyl groups excluding tert-OH is 1. The number of phosphoric ester groups is 1. The van der Waals surface area contributed by atoms with Crippen LogP contribution in [0.3, 0.4) is 0 Å². The number of rotatable bonds is 66. The molecule has 478 valence electrons. The molecule has 0 saturated heterocycles. The highest BCUT2D eigenvalue weighted by Crippen LogP contribution is 2.38. The van der Waals surface area contributed by atoms with Crippen molar-refractivity contribution in [1.29, 1.82) is 0 Å². The Labute approximate surface area is 505 Å². The van der Waals surface area contributed by atoms with E-state index in [0.717, 1.165) is 44.9 Å². The molecule has 0 fully saturated rings. The van der Waals surface area contributed by atoms with E-state index in [1.54, 1.807) is 6.08 Å². The third-order valence-electron chi connectivity index (χ3n) is 16.3. The van der Waals surface area contributed by atoms with Gasteiger partial charge in [-0.15, -0.1) is 0 Å².